The Morgan fingerprint density at radius 3 is 2.48 bits per heavy atom. The second-order valence-corrected chi connectivity index (χ2v) is 5.22. The van der Waals surface area contributed by atoms with Gasteiger partial charge in [0.1, 0.15) is 5.82 Å². The van der Waals surface area contributed by atoms with E-state index in [4.69, 9.17) is 0 Å². The van der Waals surface area contributed by atoms with Crippen molar-refractivity contribution in [3.8, 4) is 11.5 Å². The van der Waals surface area contributed by atoms with E-state index < -0.39 is 0 Å². The lowest BCUT2D eigenvalue weighted by molar-refractivity contribution is 0.102. The number of hydrogen-bond acceptors (Lipinski definition) is 5. The Balaban J connectivity index is 1.68. The Bertz CT molecular complexity index is 907. The molecule has 3 rings (SSSR count). The zero-order chi connectivity index (χ0) is 17.6. The number of aromatic hydroxyl groups is 2. The van der Waals surface area contributed by atoms with Gasteiger partial charge >= 0.3 is 0 Å². The molecule has 1 aromatic heterocycles. The van der Waals surface area contributed by atoms with Gasteiger partial charge < -0.3 is 15.5 Å². The first-order valence-corrected chi connectivity index (χ1v) is 7.50. The normalized spacial score (nSPS) is 10.7. The van der Waals surface area contributed by atoms with E-state index in [2.05, 4.69) is 15.3 Å². The van der Waals surface area contributed by atoms with Gasteiger partial charge in [-0.1, -0.05) is 6.07 Å². The van der Waals surface area contributed by atoms with Crippen LogP contribution in [0.5, 0.6) is 11.5 Å². The first-order chi connectivity index (χ1) is 12.1. The van der Waals surface area contributed by atoms with Crippen LogP contribution in [0.2, 0.25) is 0 Å². The number of pyridine rings is 1. The number of nitrogens with zero attached hydrogens (tertiary/aromatic N) is 2. The largest absolute Gasteiger partial charge is 0.504 e. The zero-order valence-electron chi connectivity index (χ0n) is 13.1. The molecular weight excluding hydrogens is 318 g/mol. The summed E-state index contributed by atoms with van der Waals surface area (Å²) in [5.74, 6) is -0.148. The molecule has 0 aliphatic rings. The van der Waals surface area contributed by atoms with Crippen LogP contribution >= 0.6 is 0 Å². The second-order valence-electron chi connectivity index (χ2n) is 5.22. The van der Waals surface area contributed by atoms with Crippen molar-refractivity contribution < 1.29 is 15.0 Å². The number of carbonyl (C=O) groups excluding carboxylic acids is 1. The van der Waals surface area contributed by atoms with Crippen LogP contribution in [0, 0.1) is 0 Å². The van der Waals surface area contributed by atoms with Crippen molar-refractivity contribution in [1.82, 2.24) is 4.98 Å². The fourth-order valence-electron chi connectivity index (χ4n) is 2.09. The molecule has 1 amide bonds. The third-order valence-electron chi connectivity index (χ3n) is 3.40. The Labute approximate surface area is 144 Å². The van der Waals surface area contributed by atoms with Crippen molar-refractivity contribution in [1.29, 1.82) is 0 Å². The molecular formula is C19H15N3O3. The van der Waals surface area contributed by atoms with E-state index in [1.54, 1.807) is 60.9 Å². The minimum absolute atomic E-state index is 0.180. The fraction of sp³-hybridized carbons (Fsp3) is 0. The number of phenolic OH excluding ortho intramolecular Hbond substituents is 2. The van der Waals surface area contributed by atoms with Gasteiger partial charge in [0.2, 0.25) is 0 Å². The summed E-state index contributed by atoms with van der Waals surface area (Å²) < 4.78 is 0. The molecule has 0 radical (unpaired) electrons. The van der Waals surface area contributed by atoms with Gasteiger partial charge in [-0.25, -0.2) is 4.98 Å². The van der Waals surface area contributed by atoms with Gasteiger partial charge in [-0.15, -0.1) is 0 Å². The Hall–Kier alpha value is -3.67. The monoisotopic (exact) mass is 333 g/mol. The predicted octanol–water partition coefficient (Wildman–Crippen LogP) is 3.50. The molecule has 6 heteroatoms. The molecule has 1 heterocycles. The highest BCUT2D eigenvalue weighted by molar-refractivity contribution is 6.03. The van der Waals surface area contributed by atoms with Gasteiger partial charge in [0.15, 0.2) is 11.5 Å². The number of aliphatic imine (C=N–C) groups is 1. The molecule has 2 aromatic carbocycles. The Morgan fingerprint density at radius 1 is 1.00 bits per heavy atom. The van der Waals surface area contributed by atoms with E-state index in [1.165, 1.54) is 12.1 Å². The fourth-order valence-corrected chi connectivity index (χ4v) is 2.09. The summed E-state index contributed by atoms with van der Waals surface area (Å²) in [7, 11) is 0. The lowest BCUT2D eigenvalue weighted by Crippen LogP contribution is -2.12. The number of phenols is 2. The van der Waals surface area contributed by atoms with Crippen molar-refractivity contribution in [3.63, 3.8) is 0 Å². The molecule has 0 fully saturated rings. The summed E-state index contributed by atoms with van der Waals surface area (Å²) >= 11 is 0. The minimum Gasteiger partial charge on any atom is -0.504 e. The number of hydrogen-bond donors (Lipinski definition) is 3. The second kappa shape index (κ2) is 7.27. The van der Waals surface area contributed by atoms with E-state index in [0.717, 1.165) is 0 Å². The highest BCUT2D eigenvalue weighted by Gasteiger charge is 2.06. The highest BCUT2D eigenvalue weighted by Crippen LogP contribution is 2.24. The average Bonchev–Trinajstić information content (AvgIpc) is 2.64. The topological polar surface area (TPSA) is 94.8 Å². The Kier molecular flexibility index (Phi) is 4.71. The van der Waals surface area contributed by atoms with Gasteiger partial charge in [-0.05, 0) is 60.2 Å². The van der Waals surface area contributed by atoms with Crippen LogP contribution in [0.15, 0.2) is 71.9 Å². The smallest absolute Gasteiger partial charge is 0.256 e. The summed E-state index contributed by atoms with van der Waals surface area (Å²) in [5, 5.41) is 21.4. The maximum Gasteiger partial charge on any atom is 0.256 e. The Morgan fingerprint density at radius 2 is 1.80 bits per heavy atom. The van der Waals surface area contributed by atoms with Crippen LogP contribution in [0.1, 0.15) is 15.9 Å². The third-order valence-corrected chi connectivity index (χ3v) is 3.40. The number of anilines is 1. The molecule has 25 heavy (non-hydrogen) atoms. The van der Waals surface area contributed by atoms with Crippen molar-refractivity contribution in [2.75, 3.05) is 5.32 Å². The summed E-state index contributed by atoms with van der Waals surface area (Å²) in [6.45, 7) is 0. The maximum atomic E-state index is 12.1. The summed E-state index contributed by atoms with van der Waals surface area (Å²) in [6.07, 6.45) is 3.16. The van der Waals surface area contributed by atoms with E-state index in [-0.39, 0.29) is 17.4 Å². The molecule has 124 valence electrons. The molecule has 0 aliphatic heterocycles. The highest BCUT2D eigenvalue weighted by atomic mass is 16.3. The maximum absolute atomic E-state index is 12.1. The SMILES string of the molecule is O=C(Nc1ccccn1)c1ccc(N=Cc2ccc(O)c(O)c2)cc1. The molecule has 0 saturated carbocycles. The van der Waals surface area contributed by atoms with E-state index in [0.29, 0.717) is 22.6 Å². The number of nitrogens with one attached hydrogen (secondary N) is 1. The zero-order valence-corrected chi connectivity index (χ0v) is 13.1. The van der Waals surface area contributed by atoms with Gasteiger partial charge in [0.05, 0.1) is 5.69 Å². The van der Waals surface area contributed by atoms with Gasteiger partial charge in [-0.2, -0.15) is 0 Å². The first kappa shape index (κ1) is 16.2. The van der Waals surface area contributed by atoms with E-state index in [9.17, 15) is 15.0 Å². The first-order valence-electron chi connectivity index (χ1n) is 7.50. The molecule has 0 unspecified atom stereocenters. The van der Waals surface area contributed by atoms with Crippen LogP contribution in [0.3, 0.4) is 0 Å². The number of aromatic nitrogens is 1. The molecule has 0 bridgehead atoms. The summed E-state index contributed by atoms with van der Waals surface area (Å²) in [4.78, 5) is 20.4. The molecule has 0 spiro atoms. The molecule has 6 nitrogen and oxygen atoms in total. The van der Waals surface area contributed by atoms with Gasteiger partial charge in [0, 0.05) is 18.0 Å². The van der Waals surface area contributed by atoms with Crippen molar-refractivity contribution in [3.05, 3.63) is 78.0 Å². The van der Waals surface area contributed by atoms with Crippen LogP contribution in [-0.2, 0) is 0 Å². The van der Waals surface area contributed by atoms with E-state index >= 15 is 0 Å². The quantitative estimate of drug-likeness (QED) is 0.503. The summed E-state index contributed by atoms with van der Waals surface area (Å²) in [6, 6.07) is 16.5. The van der Waals surface area contributed by atoms with Crippen LogP contribution in [0.25, 0.3) is 0 Å². The van der Waals surface area contributed by atoms with Crippen molar-refractivity contribution in [2.24, 2.45) is 4.99 Å². The average molecular weight is 333 g/mol. The van der Waals surface area contributed by atoms with E-state index in [1.807, 2.05) is 0 Å². The molecule has 0 aliphatic carbocycles. The molecule has 3 N–H and O–H groups in total. The molecule has 0 atom stereocenters. The number of amides is 1. The molecule has 3 aromatic rings. The lowest BCUT2D eigenvalue weighted by atomic mass is 10.2. The number of benzene rings is 2. The lowest BCUT2D eigenvalue weighted by Gasteiger charge is -2.04. The van der Waals surface area contributed by atoms with Gasteiger partial charge in [-0.3, -0.25) is 9.79 Å². The standard InChI is InChI=1S/C19H15N3O3/c23-16-9-4-13(11-17(16)24)12-21-15-7-5-14(6-8-15)19(25)22-18-3-1-2-10-20-18/h1-12,23-24H,(H,20,22,25). The van der Waals surface area contributed by atoms with Crippen LogP contribution in [-0.4, -0.2) is 27.3 Å². The van der Waals surface area contributed by atoms with Crippen LogP contribution < -0.4 is 5.32 Å². The minimum atomic E-state index is -0.252. The van der Waals surface area contributed by atoms with Crippen molar-refractivity contribution in [2.45, 2.75) is 0 Å². The number of carbonyl (C=O) groups is 1. The summed E-state index contributed by atoms with van der Waals surface area (Å²) in [5.41, 5.74) is 1.79. The van der Waals surface area contributed by atoms with Gasteiger partial charge in [0.25, 0.3) is 5.91 Å². The van der Waals surface area contributed by atoms with Crippen molar-refractivity contribution >= 4 is 23.6 Å². The molecule has 0 saturated heterocycles. The third kappa shape index (κ3) is 4.20. The number of rotatable bonds is 4. The predicted molar refractivity (Wildman–Crippen MR) is 95.7 cm³/mol. The van der Waals surface area contributed by atoms with Crippen LogP contribution in [0.4, 0.5) is 11.5 Å².